The summed E-state index contributed by atoms with van der Waals surface area (Å²) in [4.78, 5) is 23.8. The van der Waals surface area contributed by atoms with Crippen LogP contribution >= 0.6 is 0 Å². The average molecular weight is 290 g/mol. The molecule has 114 valence electrons. The second-order valence-electron chi connectivity index (χ2n) is 5.72. The van der Waals surface area contributed by atoms with Crippen LogP contribution in [-0.4, -0.2) is 24.0 Å². The summed E-state index contributed by atoms with van der Waals surface area (Å²) in [6.07, 6.45) is 2.79. The highest BCUT2D eigenvalue weighted by Gasteiger charge is 2.44. The molecule has 0 radical (unpaired) electrons. The van der Waals surface area contributed by atoms with Gasteiger partial charge in [0.25, 0.3) is 0 Å². The zero-order valence-electron chi connectivity index (χ0n) is 12.5. The van der Waals surface area contributed by atoms with Gasteiger partial charge in [0.1, 0.15) is 0 Å². The van der Waals surface area contributed by atoms with E-state index in [1.807, 2.05) is 6.92 Å². The number of nitrogens with one attached hydrogen (secondary N) is 1. The van der Waals surface area contributed by atoms with Crippen molar-refractivity contribution in [1.82, 2.24) is 0 Å². The molecule has 1 atom stereocenters. The Morgan fingerprint density at radius 1 is 1.33 bits per heavy atom. The first-order valence-corrected chi connectivity index (χ1v) is 7.32. The lowest BCUT2D eigenvalue weighted by molar-refractivity contribution is -0.121. The van der Waals surface area contributed by atoms with Crippen molar-refractivity contribution >= 4 is 17.6 Å². The number of benzene rings is 1. The zero-order chi connectivity index (χ0) is 15.5. The van der Waals surface area contributed by atoms with E-state index in [4.69, 9.17) is 10.5 Å². The summed E-state index contributed by atoms with van der Waals surface area (Å²) in [5.41, 5.74) is 6.33. The quantitative estimate of drug-likeness (QED) is 0.788. The molecule has 0 aromatic heterocycles. The highest BCUT2D eigenvalue weighted by Crippen LogP contribution is 2.38. The minimum atomic E-state index is -0.835. The Hall–Kier alpha value is -1.88. The number of hydrogen-bond donors (Lipinski definition) is 2. The molecule has 2 rings (SSSR count). The van der Waals surface area contributed by atoms with Gasteiger partial charge in [-0.15, -0.1) is 0 Å². The third-order valence-corrected chi connectivity index (χ3v) is 3.73. The van der Waals surface area contributed by atoms with Gasteiger partial charge >= 0.3 is 5.97 Å². The van der Waals surface area contributed by atoms with E-state index in [0.717, 1.165) is 19.3 Å². The lowest BCUT2D eigenvalue weighted by Gasteiger charge is -2.23. The molecular formula is C16H22N2O3. The fourth-order valence-corrected chi connectivity index (χ4v) is 2.10. The molecule has 1 aromatic carbocycles. The van der Waals surface area contributed by atoms with E-state index in [2.05, 4.69) is 5.32 Å². The summed E-state index contributed by atoms with van der Waals surface area (Å²) in [6, 6.07) is 6.64. The van der Waals surface area contributed by atoms with Crippen LogP contribution in [0.5, 0.6) is 0 Å². The molecular weight excluding hydrogens is 268 g/mol. The number of amides is 1. The molecule has 1 aliphatic rings. The lowest BCUT2D eigenvalue weighted by atomic mass is 9.96. The van der Waals surface area contributed by atoms with Crippen LogP contribution in [0.1, 0.15) is 43.5 Å². The van der Waals surface area contributed by atoms with Crippen molar-refractivity contribution < 1.29 is 14.3 Å². The summed E-state index contributed by atoms with van der Waals surface area (Å²) in [5.74, 6) is -0.275. The van der Waals surface area contributed by atoms with Crippen LogP contribution in [0.15, 0.2) is 24.3 Å². The number of anilines is 1. The largest absolute Gasteiger partial charge is 0.462 e. The van der Waals surface area contributed by atoms with Crippen molar-refractivity contribution in [1.29, 1.82) is 0 Å². The van der Waals surface area contributed by atoms with Gasteiger partial charge < -0.3 is 15.8 Å². The van der Waals surface area contributed by atoms with E-state index >= 15 is 0 Å². The summed E-state index contributed by atoms with van der Waals surface area (Å²) in [5, 5.41) is 2.80. The summed E-state index contributed by atoms with van der Waals surface area (Å²) >= 11 is 0. The number of hydrogen-bond acceptors (Lipinski definition) is 4. The third kappa shape index (κ3) is 3.82. The molecule has 21 heavy (non-hydrogen) atoms. The minimum Gasteiger partial charge on any atom is -0.462 e. The van der Waals surface area contributed by atoms with Crippen LogP contribution in [0.2, 0.25) is 0 Å². The number of carbonyl (C=O) groups excluding carboxylic acids is 2. The van der Waals surface area contributed by atoms with Gasteiger partial charge in [-0.05, 0) is 56.4 Å². The summed E-state index contributed by atoms with van der Waals surface area (Å²) in [7, 11) is 0. The Balaban J connectivity index is 1.96. The molecule has 0 bridgehead atoms. The first-order chi connectivity index (χ1) is 9.95. The van der Waals surface area contributed by atoms with E-state index in [-0.39, 0.29) is 17.8 Å². The fourth-order valence-electron chi connectivity index (χ4n) is 2.10. The second-order valence-corrected chi connectivity index (χ2v) is 5.72. The second kappa shape index (κ2) is 6.26. The molecule has 0 spiro atoms. The van der Waals surface area contributed by atoms with Gasteiger partial charge in [0.2, 0.25) is 5.91 Å². The normalized spacial score (nSPS) is 16.9. The van der Waals surface area contributed by atoms with Crippen LogP contribution in [0.25, 0.3) is 0 Å². The molecule has 1 amide bonds. The molecule has 1 fully saturated rings. The van der Waals surface area contributed by atoms with E-state index < -0.39 is 5.54 Å². The van der Waals surface area contributed by atoms with E-state index in [1.54, 1.807) is 31.2 Å². The summed E-state index contributed by atoms with van der Waals surface area (Å²) in [6.45, 7) is 4.11. The lowest BCUT2D eigenvalue weighted by Crippen LogP contribution is -2.50. The van der Waals surface area contributed by atoms with Gasteiger partial charge in [0, 0.05) is 5.69 Å². The molecule has 3 N–H and O–H groups in total. The minimum absolute atomic E-state index is 0.189. The molecule has 1 saturated carbocycles. The van der Waals surface area contributed by atoms with Gasteiger partial charge in [-0.25, -0.2) is 4.79 Å². The van der Waals surface area contributed by atoms with Crippen LogP contribution in [-0.2, 0) is 9.53 Å². The molecule has 0 aliphatic heterocycles. The fraction of sp³-hybridized carbons (Fsp3) is 0.500. The number of rotatable bonds is 6. The number of nitrogens with two attached hydrogens (primary N) is 1. The van der Waals surface area contributed by atoms with Gasteiger partial charge in [-0.2, -0.15) is 0 Å². The van der Waals surface area contributed by atoms with Crippen LogP contribution in [0.3, 0.4) is 0 Å². The Kier molecular flexibility index (Phi) is 4.63. The van der Waals surface area contributed by atoms with Crippen molar-refractivity contribution in [2.75, 3.05) is 11.9 Å². The number of esters is 1. The molecule has 5 heteroatoms. The maximum absolute atomic E-state index is 12.1. The highest BCUT2D eigenvalue weighted by atomic mass is 16.5. The van der Waals surface area contributed by atoms with Gasteiger partial charge in [-0.1, -0.05) is 6.92 Å². The third-order valence-electron chi connectivity index (χ3n) is 3.73. The van der Waals surface area contributed by atoms with E-state index in [9.17, 15) is 9.59 Å². The first-order valence-electron chi connectivity index (χ1n) is 7.32. The monoisotopic (exact) mass is 290 g/mol. The Morgan fingerprint density at radius 3 is 2.48 bits per heavy atom. The van der Waals surface area contributed by atoms with Crippen LogP contribution in [0.4, 0.5) is 5.69 Å². The predicted molar refractivity (Wildman–Crippen MR) is 81.0 cm³/mol. The number of ether oxygens (including phenoxy) is 1. The Morgan fingerprint density at radius 2 is 1.95 bits per heavy atom. The smallest absolute Gasteiger partial charge is 0.338 e. The summed E-state index contributed by atoms with van der Waals surface area (Å²) < 4.78 is 5.05. The molecule has 5 nitrogen and oxygen atoms in total. The van der Waals surface area contributed by atoms with Crippen molar-refractivity contribution in [2.24, 2.45) is 11.7 Å². The van der Waals surface area contributed by atoms with Crippen molar-refractivity contribution in [3.8, 4) is 0 Å². The standard InChI is InChI=1S/C16H22N2O3/c1-3-10-21-14(19)11-4-8-13(9-5-11)18-15(20)16(2,17)12-6-7-12/h4-5,8-9,12H,3,6-7,10,17H2,1-2H3,(H,18,20). The number of carbonyl (C=O) groups is 2. The first kappa shape index (κ1) is 15.5. The van der Waals surface area contributed by atoms with Crippen molar-refractivity contribution in [3.63, 3.8) is 0 Å². The van der Waals surface area contributed by atoms with Gasteiger partial charge in [0.15, 0.2) is 0 Å². The SMILES string of the molecule is CCCOC(=O)c1ccc(NC(=O)C(C)(N)C2CC2)cc1. The zero-order valence-corrected chi connectivity index (χ0v) is 12.5. The molecule has 1 unspecified atom stereocenters. The molecule has 1 aliphatic carbocycles. The average Bonchev–Trinajstić information content (AvgIpc) is 3.30. The topological polar surface area (TPSA) is 81.4 Å². The Labute approximate surface area is 124 Å². The van der Waals surface area contributed by atoms with Crippen molar-refractivity contribution in [3.05, 3.63) is 29.8 Å². The molecule has 1 aromatic rings. The predicted octanol–water partition coefficient (Wildman–Crippen LogP) is 2.32. The van der Waals surface area contributed by atoms with Crippen LogP contribution < -0.4 is 11.1 Å². The molecule has 0 saturated heterocycles. The van der Waals surface area contributed by atoms with E-state index in [1.165, 1.54) is 0 Å². The molecule has 0 heterocycles. The maximum atomic E-state index is 12.1. The highest BCUT2D eigenvalue weighted by molar-refractivity contribution is 5.98. The van der Waals surface area contributed by atoms with Gasteiger partial charge in [0.05, 0.1) is 17.7 Å². The van der Waals surface area contributed by atoms with Gasteiger partial charge in [-0.3, -0.25) is 4.79 Å². The maximum Gasteiger partial charge on any atom is 0.338 e. The van der Waals surface area contributed by atoms with Crippen molar-refractivity contribution in [2.45, 2.75) is 38.6 Å². The van der Waals surface area contributed by atoms with Crippen LogP contribution in [0, 0.1) is 5.92 Å². The Bertz CT molecular complexity index is 519. The van der Waals surface area contributed by atoms with E-state index in [0.29, 0.717) is 17.9 Å².